The van der Waals surface area contributed by atoms with Gasteiger partial charge in [-0.1, -0.05) is 6.07 Å². The number of aliphatic hydroxyl groups excluding tert-OH is 1. The minimum Gasteiger partial charge on any atom is -0.491 e. The number of rotatable bonds is 4. The van der Waals surface area contributed by atoms with Crippen LogP contribution in [0.3, 0.4) is 0 Å². The highest BCUT2D eigenvalue weighted by Crippen LogP contribution is 2.36. The first-order chi connectivity index (χ1) is 17.9. The molecule has 8 nitrogen and oxygen atoms in total. The Hall–Kier alpha value is -3.65. The number of carbonyl (C=O) groups is 1. The lowest BCUT2D eigenvalue weighted by Crippen LogP contribution is -2.43. The van der Waals surface area contributed by atoms with E-state index in [1.165, 1.54) is 22.9 Å². The summed E-state index contributed by atoms with van der Waals surface area (Å²) in [6.07, 6.45) is -12.3. The number of carbonyl (C=O) groups excluding carboxylic acids is 1. The minimum atomic E-state index is -4.95. The number of halogens is 6. The Bertz CT molecular complexity index is 1370. The monoisotopic (exact) mass is 542 g/mol. The van der Waals surface area contributed by atoms with E-state index in [4.69, 9.17) is 9.47 Å². The molecule has 2 aliphatic rings. The van der Waals surface area contributed by atoms with Crippen LogP contribution in [-0.4, -0.2) is 51.2 Å². The molecule has 1 amide bonds. The van der Waals surface area contributed by atoms with Gasteiger partial charge in [-0.25, -0.2) is 4.98 Å². The zero-order valence-corrected chi connectivity index (χ0v) is 19.4. The Morgan fingerprint density at radius 2 is 1.95 bits per heavy atom. The van der Waals surface area contributed by atoms with Crippen molar-refractivity contribution in [2.75, 3.05) is 13.2 Å². The van der Waals surface area contributed by atoms with Crippen molar-refractivity contribution in [3.8, 4) is 17.0 Å². The minimum absolute atomic E-state index is 0.0123. The van der Waals surface area contributed by atoms with Crippen LogP contribution < -0.4 is 10.1 Å². The van der Waals surface area contributed by atoms with Crippen LogP contribution in [0.5, 0.6) is 5.75 Å². The van der Waals surface area contributed by atoms with Gasteiger partial charge in [0.25, 0.3) is 5.91 Å². The summed E-state index contributed by atoms with van der Waals surface area (Å²) >= 11 is 0. The maximum absolute atomic E-state index is 13.3. The summed E-state index contributed by atoms with van der Waals surface area (Å²) in [5, 5.41) is 16.7. The highest BCUT2D eigenvalue weighted by Gasteiger charge is 2.41. The second-order valence-corrected chi connectivity index (χ2v) is 8.84. The molecule has 0 saturated heterocycles. The van der Waals surface area contributed by atoms with Crippen LogP contribution in [0, 0.1) is 0 Å². The second kappa shape index (κ2) is 9.58. The van der Waals surface area contributed by atoms with Gasteiger partial charge in [-0.05, 0) is 42.3 Å². The maximum atomic E-state index is 13.3. The molecule has 2 atom stereocenters. The Morgan fingerprint density at radius 1 is 1.16 bits per heavy atom. The van der Waals surface area contributed by atoms with Gasteiger partial charge in [-0.15, -0.1) is 0 Å². The van der Waals surface area contributed by atoms with Crippen molar-refractivity contribution >= 4 is 5.91 Å². The number of nitrogens with one attached hydrogen (secondary N) is 1. The van der Waals surface area contributed by atoms with Crippen LogP contribution in [0.25, 0.3) is 11.3 Å². The Kier molecular flexibility index (Phi) is 6.55. The zero-order valence-electron chi connectivity index (χ0n) is 19.4. The molecular formula is C24H20F6N4O4. The lowest BCUT2D eigenvalue weighted by molar-refractivity contribution is -0.207. The predicted molar refractivity (Wildman–Crippen MR) is 118 cm³/mol. The third-order valence-corrected chi connectivity index (χ3v) is 6.21. The Morgan fingerprint density at radius 3 is 2.68 bits per heavy atom. The number of aliphatic hydroxyl groups is 1. The summed E-state index contributed by atoms with van der Waals surface area (Å²) in [5.41, 5.74) is -0.861. The van der Waals surface area contributed by atoms with Gasteiger partial charge in [0.15, 0.2) is 11.8 Å². The van der Waals surface area contributed by atoms with Gasteiger partial charge in [-0.3, -0.25) is 9.48 Å². The van der Waals surface area contributed by atoms with Crippen molar-refractivity contribution in [1.82, 2.24) is 20.1 Å². The summed E-state index contributed by atoms with van der Waals surface area (Å²) in [6, 6.07) is 6.07. The molecule has 1 aromatic carbocycles. The van der Waals surface area contributed by atoms with Gasteiger partial charge < -0.3 is 19.9 Å². The van der Waals surface area contributed by atoms with E-state index in [1.807, 2.05) is 0 Å². The van der Waals surface area contributed by atoms with Gasteiger partial charge in [0, 0.05) is 0 Å². The van der Waals surface area contributed by atoms with Crippen molar-refractivity contribution in [2.45, 2.75) is 44.1 Å². The van der Waals surface area contributed by atoms with Gasteiger partial charge in [0.05, 0.1) is 54.0 Å². The molecule has 202 valence electrons. The van der Waals surface area contributed by atoms with Crippen LogP contribution in [0.1, 0.15) is 39.1 Å². The maximum Gasteiger partial charge on any atom is 0.420 e. The molecule has 14 heteroatoms. The van der Waals surface area contributed by atoms with Crippen molar-refractivity contribution in [3.63, 3.8) is 0 Å². The Labute approximate surface area is 211 Å². The third-order valence-electron chi connectivity index (χ3n) is 6.21. The molecule has 2 aromatic heterocycles. The molecule has 3 aromatic rings. The van der Waals surface area contributed by atoms with Crippen molar-refractivity contribution in [2.24, 2.45) is 0 Å². The summed E-state index contributed by atoms with van der Waals surface area (Å²) in [6.45, 7) is 0.579. The number of hydrogen-bond donors (Lipinski definition) is 2. The van der Waals surface area contributed by atoms with E-state index in [0.717, 1.165) is 18.2 Å². The standard InChI is InChI=1S/C24H20F6N4O4/c25-23(26,27)13-4-5-18-12(8-13)9-14(10-38-18)31-22(36)20-19(17-11-37-7-6-34(17)33-20)15-2-1-3-16(32-15)21(35)24(28,29)30/h1-5,8,14,21,35H,6-7,9-11H2,(H,31,36)/t14-,21?/m1/s1. The lowest BCUT2D eigenvalue weighted by atomic mass is 9.99. The molecule has 0 radical (unpaired) electrons. The summed E-state index contributed by atoms with van der Waals surface area (Å²) in [5.74, 6) is -0.433. The van der Waals surface area contributed by atoms with E-state index in [9.17, 15) is 36.2 Å². The average molecular weight is 542 g/mol. The van der Waals surface area contributed by atoms with Gasteiger partial charge >= 0.3 is 12.4 Å². The van der Waals surface area contributed by atoms with Crippen LogP contribution in [-0.2, 0) is 30.5 Å². The molecule has 38 heavy (non-hydrogen) atoms. The molecule has 5 rings (SSSR count). The normalized spacial score (nSPS) is 18.2. The van der Waals surface area contributed by atoms with Gasteiger partial charge in [-0.2, -0.15) is 31.4 Å². The highest BCUT2D eigenvalue weighted by atomic mass is 19.4. The van der Waals surface area contributed by atoms with E-state index in [1.54, 1.807) is 0 Å². The SMILES string of the molecule is O=C(N[C@H]1COc2ccc(C(F)(F)F)cc2C1)c1nn2c(c1-c1cccc(C(O)C(F)(F)F)n1)COCC2. The number of amides is 1. The zero-order chi connectivity index (χ0) is 27.2. The molecule has 1 unspecified atom stereocenters. The first kappa shape index (κ1) is 26.0. The number of hydrogen-bond acceptors (Lipinski definition) is 6. The fourth-order valence-electron chi connectivity index (χ4n) is 4.40. The summed E-state index contributed by atoms with van der Waals surface area (Å²) in [7, 11) is 0. The topological polar surface area (TPSA) is 98.5 Å². The van der Waals surface area contributed by atoms with E-state index < -0.39 is 41.7 Å². The first-order valence-corrected chi connectivity index (χ1v) is 11.4. The van der Waals surface area contributed by atoms with E-state index in [0.29, 0.717) is 12.3 Å². The number of fused-ring (bicyclic) bond motifs is 2. The molecule has 0 fully saturated rings. The van der Waals surface area contributed by atoms with Crippen molar-refractivity contribution in [3.05, 3.63) is 64.6 Å². The number of nitrogens with zero attached hydrogens (tertiary/aromatic N) is 3. The van der Waals surface area contributed by atoms with Crippen LogP contribution in [0.2, 0.25) is 0 Å². The largest absolute Gasteiger partial charge is 0.491 e. The number of benzene rings is 1. The van der Waals surface area contributed by atoms with Crippen molar-refractivity contribution in [1.29, 1.82) is 0 Å². The lowest BCUT2D eigenvalue weighted by Gasteiger charge is -2.26. The number of pyridine rings is 1. The Balaban J connectivity index is 1.45. The fourth-order valence-corrected chi connectivity index (χ4v) is 4.40. The summed E-state index contributed by atoms with van der Waals surface area (Å²) < 4.78 is 91.1. The van der Waals surface area contributed by atoms with Crippen LogP contribution in [0.15, 0.2) is 36.4 Å². The van der Waals surface area contributed by atoms with Crippen LogP contribution >= 0.6 is 0 Å². The molecule has 0 bridgehead atoms. The molecule has 0 saturated carbocycles. The average Bonchev–Trinajstić information content (AvgIpc) is 3.27. The molecule has 2 N–H and O–H groups in total. The molecular weight excluding hydrogens is 522 g/mol. The molecule has 0 aliphatic carbocycles. The van der Waals surface area contributed by atoms with E-state index >= 15 is 0 Å². The molecule has 0 spiro atoms. The smallest absolute Gasteiger partial charge is 0.420 e. The highest BCUT2D eigenvalue weighted by molar-refractivity contribution is 5.99. The fraction of sp³-hybridized carbons (Fsp3) is 0.375. The van der Waals surface area contributed by atoms with Crippen molar-refractivity contribution < 1.29 is 45.7 Å². The van der Waals surface area contributed by atoms with E-state index in [2.05, 4.69) is 15.4 Å². The summed E-state index contributed by atoms with van der Waals surface area (Å²) in [4.78, 5) is 17.3. The predicted octanol–water partition coefficient (Wildman–Crippen LogP) is 3.82. The number of alkyl halides is 6. The van der Waals surface area contributed by atoms with E-state index in [-0.39, 0.29) is 54.4 Å². The van der Waals surface area contributed by atoms with Crippen LogP contribution in [0.4, 0.5) is 26.3 Å². The van der Waals surface area contributed by atoms with Gasteiger partial charge in [0.1, 0.15) is 12.4 Å². The quantitative estimate of drug-likeness (QED) is 0.487. The number of ether oxygens (including phenoxy) is 2. The first-order valence-electron chi connectivity index (χ1n) is 11.4. The third kappa shape index (κ3) is 5.05. The molecule has 4 heterocycles. The second-order valence-electron chi connectivity index (χ2n) is 8.84. The van der Waals surface area contributed by atoms with Gasteiger partial charge in [0.2, 0.25) is 0 Å². The molecule has 2 aliphatic heterocycles. The number of aromatic nitrogens is 3.